The van der Waals surface area contributed by atoms with E-state index >= 15 is 0 Å². The second-order valence-electron chi connectivity index (χ2n) is 8.35. The van der Waals surface area contributed by atoms with Crippen LogP contribution < -0.4 is 9.47 Å². The summed E-state index contributed by atoms with van der Waals surface area (Å²) in [4.78, 5) is 13.3. The van der Waals surface area contributed by atoms with Gasteiger partial charge in [-0.15, -0.1) is 0 Å². The minimum absolute atomic E-state index is 0.264. The molecule has 0 saturated carbocycles. The molecule has 2 aliphatic rings. The van der Waals surface area contributed by atoms with E-state index in [1.54, 1.807) is 0 Å². The summed E-state index contributed by atoms with van der Waals surface area (Å²) in [6.45, 7) is 5.03. The molecule has 2 aliphatic heterocycles. The Hall–Kier alpha value is -2.99. The zero-order chi connectivity index (χ0) is 21.8. The summed E-state index contributed by atoms with van der Waals surface area (Å²) in [7, 11) is 0. The Labute approximate surface area is 182 Å². The number of ether oxygens (including phenoxy) is 2. The minimum atomic E-state index is -0.709. The molecular weight excluding hydrogens is 394 g/mol. The predicted molar refractivity (Wildman–Crippen MR) is 119 cm³/mol. The molecule has 1 unspecified atom stereocenters. The number of nitrogens with zero attached hydrogens (tertiary/aromatic N) is 1. The number of likely N-dealkylation sites (tertiary alicyclic amines) is 1. The maximum absolute atomic E-state index is 11.1. The van der Waals surface area contributed by atoms with Gasteiger partial charge in [-0.05, 0) is 54.8 Å². The van der Waals surface area contributed by atoms with Gasteiger partial charge in [0.25, 0.3) is 0 Å². The quantitative estimate of drug-likeness (QED) is 0.665. The number of aryl methyl sites for hydroxylation is 1. The van der Waals surface area contributed by atoms with Crippen LogP contribution in [0.4, 0.5) is 0 Å². The van der Waals surface area contributed by atoms with Crippen LogP contribution in [-0.2, 0) is 17.8 Å². The van der Waals surface area contributed by atoms with Crippen molar-refractivity contribution in [1.82, 2.24) is 4.90 Å². The van der Waals surface area contributed by atoms with Crippen LogP contribution in [0.1, 0.15) is 36.5 Å². The number of fused-ring (bicyclic) bond motifs is 1. The summed E-state index contributed by atoms with van der Waals surface area (Å²) in [5.74, 6) is 0.753. The first kappa shape index (κ1) is 21.2. The predicted octanol–water partition coefficient (Wildman–Crippen LogP) is 4.11. The highest BCUT2D eigenvalue weighted by atomic mass is 16.5. The molecule has 1 saturated heterocycles. The van der Waals surface area contributed by atoms with Crippen LogP contribution in [0.3, 0.4) is 0 Å². The number of rotatable bonds is 8. The fraction of sp³-hybridized carbons (Fsp3) is 0.400. The number of aromatic hydroxyl groups is 1. The molecule has 0 aromatic heterocycles. The van der Waals surface area contributed by atoms with E-state index in [0.29, 0.717) is 25.3 Å². The Morgan fingerprint density at radius 3 is 2.87 bits per heavy atom. The number of carboxylic acids is 1. The third-order valence-electron chi connectivity index (χ3n) is 5.89. The summed E-state index contributed by atoms with van der Waals surface area (Å²) < 4.78 is 11.8. The third kappa shape index (κ3) is 5.20. The van der Waals surface area contributed by atoms with Crippen LogP contribution in [0.2, 0.25) is 0 Å². The van der Waals surface area contributed by atoms with Crippen molar-refractivity contribution in [2.24, 2.45) is 5.92 Å². The highest BCUT2D eigenvalue weighted by Gasteiger charge is 2.28. The molecule has 0 spiro atoms. The molecule has 1 atom stereocenters. The fourth-order valence-corrected chi connectivity index (χ4v) is 4.17. The molecule has 1 fully saturated rings. The molecular formula is C25H29NO5. The van der Waals surface area contributed by atoms with Crippen molar-refractivity contribution < 1.29 is 24.5 Å². The lowest BCUT2D eigenvalue weighted by atomic mass is 10.1. The first-order chi connectivity index (χ1) is 15.0. The summed E-state index contributed by atoms with van der Waals surface area (Å²) in [6, 6.07) is 11.5. The van der Waals surface area contributed by atoms with Gasteiger partial charge in [-0.1, -0.05) is 25.5 Å². The van der Waals surface area contributed by atoms with Crippen molar-refractivity contribution in [3.63, 3.8) is 0 Å². The lowest BCUT2D eigenvalue weighted by Gasteiger charge is -2.23. The summed E-state index contributed by atoms with van der Waals surface area (Å²) in [6.07, 6.45) is 4.82. The van der Waals surface area contributed by atoms with E-state index in [1.807, 2.05) is 36.4 Å². The fourth-order valence-electron chi connectivity index (χ4n) is 4.17. The number of phenolic OH excluding ortho intramolecular Hbond substituents is 1. The number of phenols is 1. The highest BCUT2D eigenvalue weighted by molar-refractivity contribution is 5.70. The smallest absolute Gasteiger partial charge is 0.307 e. The number of aliphatic carboxylic acids is 1. The second kappa shape index (κ2) is 9.43. The molecule has 6 nitrogen and oxygen atoms in total. The number of hydrogen-bond acceptors (Lipinski definition) is 5. The Morgan fingerprint density at radius 1 is 1.26 bits per heavy atom. The number of carbonyl (C=O) groups is 1. The molecule has 0 bridgehead atoms. The highest BCUT2D eigenvalue weighted by Crippen LogP contribution is 2.32. The third-order valence-corrected chi connectivity index (χ3v) is 5.89. The van der Waals surface area contributed by atoms with Crippen molar-refractivity contribution in [2.45, 2.75) is 32.8 Å². The van der Waals surface area contributed by atoms with Crippen LogP contribution in [0.25, 0.3) is 6.08 Å². The van der Waals surface area contributed by atoms with Gasteiger partial charge in [-0.3, -0.25) is 9.69 Å². The average Bonchev–Trinajstić information content (AvgIpc) is 3.22. The summed E-state index contributed by atoms with van der Waals surface area (Å²) >= 11 is 0. The van der Waals surface area contributed by atoms with E-state index in [2.05, 4.69) is 17.9 Å². The molecule has 2 heterocycles. The number of carboxylic acid groups (broad SMARTS) is 1. The average molecular weight is 424 g/mol. The Morgan fingerprint density at radius 2 is 2.13 bits per heavy atom. The molecule has 164 valence electrons. The zero-order valence-corrected chi connectivity index (χ0v) is 17.8. The minimum Gasteiger partial charge on any atom is -0.508 e. The first-order valence-electron chi connectivity index (χ1n) is 10.9. The first-order valence-corrected chi connectivity index (χ1v) is 10.9. The second-order valence-corrected chi connectivity index (χ2v) is 8.35. The van der Waals surface area contributed by atoms with Gasteiger partial charge in [0.1, 0.15) is 30.5 Å². The van der Waals surface area contributed by atoms with E-state index in [0.717, 1.165) is 53.9 Å². The van der Waals surface area contributed by atoms with Gasteiger partial charge in [0.05, 0.1) is 5.92 Å². The van der Waals surface area contributed by atoms with Gasteiger partial charge < -0.3 is 19.7 Å². The van der Waals surface area contributed by atoms with Gasteiger partial charge in [0.2, 0.25) is 0 Å². The van der Waals surface area contributed by atoms with Gasteiger partial charge in [-0.25, -0.2) is 0 Å². The molecule has 6 heteroatoms. The molecule has 0 aliphatic carbocycles. The van der Waals surface area contributed by atoms with Crippen molar-refractivity contribution >= 4 is 12.0 Å². The van der Waals surface area contributed by atoms with E-state index in [1.165, 1.54) is 0 Å². The molecule has 2 aromatic rings. The SMILES string of the molecule is CCCc1ccc(COc2ccc3c(c2)OCC(CN2CCC(C(=O)O)C2)=C3)c(O)c1. The van der Waals surface area contributed by atoms with E-state index in [9.17, 15) is 9.90 Å². The lowest BCUT2D eigenvalue weighted by Crippen LogP contribution is -2.27. The van der Waals surface area contributed by atoms with Crippen LogP contribution in [0.5, 0.6) is 17.2 Å². The maximum Gasteiger partial charge on any atom is 0.307 e. The van der Waals surface area contributed by atoms with Gasteiger partial charge in [0, 0.05) is 30.3 Å². The Bertz CT molecular complexity index is 984. The number of hydrogen-bond donors (Lipinski definition) is 2. The molecule has 31 heavy (non-hydrogen) atoms. The van der Waals surface area contributed by atoms with Crippen LogP contribution in [0, 0.1) is 5.92 Å². The van der Waals surface area contributed by atoms with Crippen molar-refractivity contribution in [3.05, 3.63) is 58.7 Å². The van der Waals surface area contributed by atoms with Crippen LogP contribution >= 0.6 is 0 Å². The molecule has 2 N–H and O–H groups in total. The Balaban J connectivity index is 1.36. The van der Waals surface area contributed by atoms with E-state index in [4.69, 9.17) is 14.6 Å². The van der Waals surface area contributed by atoms with Crippen molar-refractivity contribution in [2.75, 3.05) is 26.2 Å². The Kier molecular flexibility index (Phi) is 6.47. The van der Waals surface area contributed by atoms with Gasteiger partial charge >= 0.3 is 5.97 Å². The van der Waals surface area contributed by atoms with Crippen LogP contribution in [0.15, 0.2) is 42.0 Å². The van der Waals surface area contributed by atoms with Crippen molar-refractivity contribution in [3.8, 4) is 17.2 Å². The molecule has 0 radical (unpaired) electrons. The standard InChI is InChI=1S/C25H29NO5/c1-2-3-17-4-5-21(23(27)11-17)16-30-22-7-6-19-10-18(15-31-24(19)12-22)13-26-9-8-20(14-26)25(28)29/h4-7,10-12,20,27H,2-3,8-9,13-16H2,1H3,(H,28,29). The largest absolute Gasteiger partial charge is 0.508 e. The maximum atomic E-state index is 11.1. The van der Waals surface area contributed by atoms with Gasteiger partial charge in [-0.2, -0.15) is 0 Å². The molecule has 2 aromatic carbocycles. The number of benzene rings is 2. The van der Waals surface area contributed by atoms with Crippen molar-refractivity contribution in [1.29, 1.82) is 0 Å². The zero-order valence-electron chi connectivity index (χ0n) is 17.8. The normalized spacial score (nSPS) is 18.2. The topological polar surface area (TPSA) is 79.2 Å². The van der Waals surface area contributed by atoms with E-state index < -0.39 is 5.97 Å². The summed E-state index contributed by atoms with van der Waals surface area (Å²) in [5, 5.41) is 19.4. The van der Waals surface area contributed by atoms with E-state index in [-0.39, 0.29) is 18.3 Å². The molecule has 4 rings (SSSR count). The monoisotopic (exact) mass is 423 g/mol. The van der Waals surface area contributed by atoms with Crippen LogP contribution in [-0.4, -0.2) is 47.3 Å². The lowest BCUT2D eigenvalue weighted by molar-refractivity contribution is -0.141. The molecule has 0 amide bonds. The summed E-state index contributed by atoms with van der Waals surface area (Å²) in [5.41, 5.74) is 4.02. The van der Waals surface area contributed by atoms with Gasteiger partial charge in [0.15, 0.2) is 0 Å².